The molecule has 0 fully saturated rings. The van der Waals surface area contributed by atoms with Gasteiger partial charge in [0.1, 0.15) is 0 Å². The number of carbonyl (C=O) groups is 3. The summed E-state index contributed by atoms with van der Waals surface area (Å²) in [5, 5.41) is 2.18. The maximum atomic E-state index is 15.8. The summed E-state index contributed by atoms with van der Waals surface area (Å²) in [5.74, 6) is -3.30. The van der Waals surface area contributed by atoms with Crippen molar-refractivity contribution in [1.82, 2.24) is 4.90 Å². The highest BCUT2D eigenvalue weighted by Crippen LogP contribution is 2.35. The van der Waals surface area contributed by atoms with E-state index < -0.39 is 59.0 Å². The number of rotatable bonds is 5. The van der Waals surface area contributed by atoms with Gasteiger partial charge in [0.2, 0.25) is 0 Å². The fraction of sp³-hybridized carbons (Fsp3) is 0.160. The summed E-state index contributed by atoms with van der Waals surface area (Å²) in [7, 11) is 0. The Labute approximate surface area is 204 Å². The lowest BCUT2D eigenvalue weighted by Crippen LogP contribution is -2.49. The molecule has 0 radical (unpaired) electrons. The van der Waals surface area contributed by atoms with E-state index in [4.69, 9.17) is 0 Å². The minimum Gasteiger partial charge on any atom is -0.324 e. The first kappa shape index (κ1) is 25.9. The summed E-state index contributed by atoms with van der Waals surface area (Å²) in [6, 6.07) is 9.06. The van der Waals surface area contributed by atoms with Crippen LogP contribution in [0.2, 0.25) is 0 Å². The number of halogens is 7. The zero-order chi connectivity index (χ0) is 27.1. The topological polar surface area (TPSA) is 66.5 Å². The molecule has 0 unspecified atom stereocenters. The van der Waals surface area contributed by atoms with Crippen molar-refractivity contribution in [3.63, 3.8) is 0 Å². The highest BCUT2D eigenvalue weighted by Gasteiger charge is 2.47. The Morgan fingerprint density at radius 3 is 1.57 bits per heavy atom. The van der Waals surface area contributed by atoms with E-state index in [2.05, 4.69) is 5.32 Å². The van der Waals surface area contributed by atoms with Gasteiger partial charge in [0, 0.05) is 5.69 Å². The molecule has 2 atom stereocenters. The summed E-state index contributed by atoms with van der Waals surface area (Å²) in [5.41, 5.74) is -2.96. The molecular weight excluding hydrogens is 509 g/mol. The van der Waals surface area contributed by atoms with Crippen molar-refractivity contribution in [2.75, 3.05) is 5.32 Å². The Bertz CT molecular complexity index is 1320. The Morgan fingerprint density at radius 2 is 1.14 bits per heavy atom. The van der Waals surface area contributed by atoms with Crippen LogP contribution < -0.4 is 5.32 Å². The van der Waals surface area contributed by atoms with Crippen LogP contribution >= 0.6 is 0 Å². The van der Waals surface area contributed by atoms with Gasteiger partial charge in [-0.15, -0.1) is 0 Å². The number of benzene rings is 3. The average molecular weight is 524 g/mol. The van der Waals surface area contributed by atoms with Crippen LogP contribution in [0.1, 0.15) is 43.6 Å². The predicted molar refractivity (Wildman–Crippen MR) is 116 cm³/mol. The van der Waals surface area contributed by atoms with Crippen molar-refractivity contribution in [2.45, 2.75) is 24.6 Å². The number of hydrogen-bond donors (Lipinski definition) is 1. The van der Waals surface area contributed by atoms with E-state index >= 15 is 4.39 Å². The molecule has 0 saturated heterocycles. The van der Waals surface area contributed by atoms with Crippen molar-refractivity contribution in [3.05, 3.63) is 101 Å². The molecule has 0 spiro atoms. The van der Waals surface area contributed by atoms with Crippen LogP contribution in [-0.2, 0) is 17.1 Å². The van der Waals surface area contributed by atoms with Gasteiger partial charge in [-0.05, 0) is 54.1 Å². The second kappa shape index (κ2) is 9.34. The summed E-state index contributed by atoms with van der Waals surface area (Å²) >= 11 is 0. The number of imide groups is 1. The smallest absolute Gasteiger partial charge is 0.324 e. The Morgan fingerprint density at radius 1 is 0.703 bits per heavy atom. The fourth-order valence-electron chi connectivity index (χ4n) is 3.84. The van der Waals surface area contributed by atoms with E-state index in [9.17, 15) is 40.7 Å². The van der Waals surface area contributed by atoms with Gasteiger partial charge in [-0.3, -0.25) is 19.3 Å². The minimum absolute atomic E-state index is 0.112. The second-order valence-corrected chi connectivity index (χ2v) is 8.06. The highest BCUT2D eigenvalue weighted by molar-refractivity contribution is 6.23. The van der Waals surface area contributed by atoms with Crippen LogP contribution in [0.15, 0.2) is 72.8 Å². The molecule has 37 heavy (non-hydrogen) atoms. The number of carbonyl (C=O) groups excluding carboxylic acids is 3. The zero-order valence-corrected chi connectivity index (χ0v) is 18.4. The number of alkyl halides is 7. The lowest BCUT2D eigenvalue weighted by atomic mass is 9.99. The van der Waals surface area contributed by atoms with E-state index in [0.717, 1.165) is 24.3 Å². The van der Waals surface area contributed by atoms with Gasteiger partial charge in [-0.1, -0.05) is 24.3 Å². The van der Waals surface area contributed by atoms with Crippen LogP contribution in [-0.4, -0.2) is 28.7 Å². The third-order valence-corrected chi connectivity index (χ3v) is 5.69. The van der Waals surface area contributed by atoms with Gasteiger partial charge < -0.3 is 5.32 Å². The molecule has 1 N–H and O–H groups in total. The maximum Gasteiger partial charge on any atom is 0.416 e. The van der Waals surface area contributed by atoms with E-state index in [1.54, 1.807) is 0 Å². The van der Waals surface area contributed by atoms with E-state index in [-0.39, 0.29) is 16.8 Å². The lowest BCUT2D eigenvalue weighted by molar-refractivity contribution is -0.138. The van der Waals surface area contributed by atoms with Crippen LogP contribution in [0.4, 0.5) is 36.4 Å². The normalized spacial score (nSPS) is 15.4. The van der Waals surface area contributed by atoms with Crippen molar-refractivity contribution >= 4 is 23.4 Å². The maximum absolute atomic E-state index is 15.8. The predicted octanol–water partition coefficient (Wildman–Crippen LogP) is 6.04. The molecule has 0 bridgehead atoms. The Kier molecular flexibility index (Phi) is 6.53. The third kappa shape index (κ3) is 5.04. The Balaban J connectivity index is 1.70. The number of nitrogens with zero attached hydrogens (tertiary/aromatic N) is 1. The number of hydrogen-bond acceptors (Lipinski definition) is 3. The molecule has 12 heteroatoms. The molecule has 4 rings (SSSR count). The van der Waals surface area contributed by atoms with Crippen molar-refractivity contribution in [2.24, 2.45) is 0 Å². The largest absolute Gasteiger partial charge is 0.416 e. The monoisotopic (exact) mass is 524 g/mol. The van der Waals surface area contributed by atoms with Crippen molar-refractivity contribution < 1.29 is 45.1 Å². The average Bonchev–Trinajstić information content (AvgIpc) is 3.09. The first-order valence-electron chi connectivity index (χ1n) is 10.6. The minimum atomic E-state index is -4.72. The molecule has 1 heterocycles. The van der Waals surface area contributed by atoms with Gasteiger partial charge in [0.15, 0.2) is 12.2 Å². The molecule has 1 aliphatic rings. The quantitative estimate of drug-likeness (QED) is 0.327. The van der Waals surface area contributed by atoms with Crippen LogP contribution in [0, 0.1) is 0 Å². The second-order valence-electron chi connectivity index (χ2n) is 8.06. The van der Waals surface area contributed by atoms with Gasteiger partial charge >= 0.3 is 12.4 Å². The summed E-state index contributed by atoms with van der Waals surface area (Å²) in [6.45, 7) is 0. The standard InChI is InChI=1S/C25H15F7N2O3/c26-19(13-5-7-14(8-6-13)24(27,28)29)20(34-22(36)17-3-1-2-4-18(17)23(34)37)21(35)33-16-11-9-15(10-12-16)25(30,31)32/h1-12,19-20H,(H,33,35)/t19-,20-/m0/s1. The first-order valence-corrected chi connectivity index (χ1v) is 10.6. The Hall–Kier alpha value is -4.22. The third-order valence-electron chi connectivity index (χ3n) is 5.69. The molecule has 3 amide bonds. The highest BCUT2D eigenvalue weighted by atomic mass is 19.4. The molecule has 3 aromatic carbocycles. The van der Waals surface area contributed by atoms with Gasteiger partial charge in [-0.25, -0.2) is 4.39 Å². The molecule has 0 aromatic heterocycles. The molecule has 0 aliphatic carbocycles. The van der Waals surface area contributed by atoms with E-state index in [1.165, 1.54) is 24.3 Å². The van der Waals surface area contributed by atoms with Crippen molar-refractivity contribution in [1.29, 1.82) is 0 Å². The molecule has 0 saturated carbocycles. The number of nitrogens with one attached hydrogen (secondary N) is 1. The van der Waals surface area contributed by atoms with E-state index in [1.807, 2.05) is 0 Å². The fourth-order valence-corrected chi connectivity index (χ4v) is 3.84. The lowest BCUT2D eigenvalue weighted by Gasteiger charge is -2.28. The molecule has 192 valence electrons. The van der Waals surface area contributed by atoms with Crippen LogP contribution in [0.25, 0.3) is 0 Å². The number of amides is 3. The molecular formula is C25H15F7N2O3. The van der Waals surface area contributed by atoms with Gasteiger partial charge in [0.25, 0.3) is 17.7 Å². The summed E-state index contributed by atoms with van der Waals surface area (Å²) < 4.78 is 93.1. The molecule has 5 nitrogen and oxygen atoms in total. The number of anilines is 1. The molecule has 1 aliphatic heterocycles. The number of fused-ring (bicyclic) bond motifs is 1. The summed E-state index contributed by atoms with van der Waals surface area (Å²) in [4.78, 5) is 39.5. The van der Waals surface area contributed by atoms with Crippen LogP contribution in [0.3, 0.4) is 0 Å². The SMILES string of the molecule is O=C(Nc1ccc(C(F)(F)F)cc1)[C@H]([C@@H](F)c1ccc(C(F)(F)F)cc1)N1C(=O)c2ccccc2C1=O. The molecule has 3 aromatic rings. The van der Waals surface area contributed by atoms with Gasteiger partial charge in [-0.2, -0.15) is 26.3 Å². The van der Waals surface area contributed by atoms with E-state index in [0.29, 0.717) is 29.2 Å². The zero-order valence-electron chi connectivity index (χ0n) is 18.4. The van der Waals surface area contributed by atoms with Crippen molar-refractivity contribution in [3.8, 4) is 0 Å². The first-order chi connectivity index (χ1) is 17.3. The van der Waals surface area contributed by atoms with Gasteiger partial charge in [0.05, 0.1) is 22.3 Å². The summed E-state index contributed by atoms with van der Waals surface area (Å²) in [6.07, 6.45) is -11.8. The van der Waals surface area contributed by atoms with Crippen LogP contribution in [0.5, 0.6) is 0 Å².